The predicted octanol–water partition coefficient (Wildman–Crippen LogP) is 0.950. The SMILES string of the molecule is Cc1oc(C(=O)NN)cc1CSc1n[nH]c(=O)n1C(C)C. The molecular formula is C12H17N5O3S. The third kappa shape index (κ3) is 3.19. The van der Waals surface area contributed by atoms with E-state index in [1.54, 1.807) is 17.6 Å². The van der Waals surface area contributed by atoms with Crippen molar-refractivity contribution >= 4 is 17.7 Å². The first-order chi connectivity index (χ1) is 9.93. The first-order valence-corrected chi connectivity index (χ1v) is 7.32. The van der Waals surface area contributed by atoms with Crippen LogP contribution in [0.15, 0.2) is 20.4 Å². The number of nitrogens with two attached hydrogens (primary N) is 1. The third-order valence-electron chi connectivity index (χ3n) is 2.92. The molecule has 0 spiro atoms. The number of amides is 1. The molecule has 21 heavy (non-hydrogen) atoms. The number of carbonyl (C=O) groups excluding carboxylic acids is 1. The smallest absolute Gasteiger partial charge is 0.344 e. The van der Waals surface area contributed by atoms with E-state index in [9.17, 15) is 9.59 Å². The zero-order chi connectivity index (χ0) is 15.6. The Morgan fingerprint density at radius 2 is 2.33 bits per heavy atom. The number of thioether (sulfide) groups is 1. The minimum Gasteiger partial charge on any atom is -0.456 e. The van der Waals surface area contributed by atoms with Crippen LogP contribution in [0, 0.1) is 6.92 Å². The number of H-pyrrole nitrogens is 1. The molecule has 0 saturated heterocycles. The Morgan fingerprint density at radius 3 is 2.95 bits per heavy atom. The first-order valence-electron chi connectivity index (χ1n) is 6.34. The van der Waals surface area contributed by atoms with Crippen LogP contribution in [0.1, 0.15) is 41.8 Å². The Kier molecular flexibility index (Phi) is 4.53. The van der Waals surface area contributed by atoms with E-state index in [1.165, 1.54) is 11.8 Å². The molecule has 0 aromatic carbocycles. The van der Waals surface area contributed by atoms with Crippen LogP contribution in [-0.2, 0) is 5.75 Å². The number of rotatable bonds is 5. The highest BCUT2D eigenvalue weighted by Gasteiger charge is 2.16. The Hall–Kier alpha value is -2.00. The van der Waals surface area contributed by atoms with Crippen LogP contribution in [0.3, 0.4) is 0 Å². The summed E-state index contributed by atoms with van der Waals surface area (Å²) >= 11 is 1.39. The Morgan fingerprint density at radius 1 is 1.62 bits per heavy atom. The molecule has 2 heterocycles. The summed E-state index contributed by atoms with van der Waals surface area (Å²) < 4.78 is 6.91. The molecular weight excluding hydrogens is 294 g/mol. The van der Waals surface area contributed by atoms with Crippen LogP contribution in [0.5, 0.6) is 0 Å². The number of hydrogen-bond donors (Lipinski definition) is 3. The molecule has 2 aromatic heterocycles. The summed E-state index contributed by atoms with van der Waals surface area (Å²) in [4.78, 5) is 23.0. The molecule has 0 aliphatic heterocycles. The molecule has 4 N–H and O–H groups in total. The van der Waals surface area contributed by atoms with Crippen LogP contribution >= 0.6 is 11.8 Å². The molecule has 2 aromatic rings. The summed E-state index contributed by atoms with van der Waals surface area (Å²) in [5, 5.41) is 7.03. The number of furan rings is 1. The van der Waals surface area contributed by atoms with Crippen molar-refractivity contribution in [1.82, 2.24) is 20.2 Å². The van der Waals surface area contributed by atoms with Gasteiger partial charge in [0.1, 0.15) is 5.76 Å². The number of aromatic nitrogens is 3. The van der Waals surface area contributed by atoms with Gasteiger partial charge in [0.2, 0.25) is 0 Å². The summed E-state index contributed by atoms with van der Waals surface area (Å²) in [5.41, 5.74) is 2.64. The maximum atomic E-state index is 11.6. The molecule has 0 unspecified atom stereocenters. The van der Waals surface area contributed by atoms with Crippen molar-refractivity contribution in [2.24, 2.45) is 5.84 Å². The number of aromatic amines is 1. The van der Waals surface area contributed by atoms with Gasteiger partial charge in [-0.25, -0.2) is 15.7 Å². The van der Waals surface area contributed by atoms with E-state index in [0.29, 0.717) is 16.7 Å². The highest BCUT2D eigenvalue weighted by molar-refractivity contribution is 7.98. The maximum Gasteiger partial charge on any atom is 0.344 e. The molecule has 114 valence electrons. The van der Waals surface area contributed by atoms with Gasteiger partial charge in [0.05, 0.1) is 0 Å². The number of nitrogens with zero attached hydrogens (tertiary/aromatic N) is 2. The van der Waals surface area contributed by atoms with Gasteiger partial charge in [-0.2, -0.15) is 0 Å². The minimum absolute atomic E-state index is 0.0165. The fourth-order valence-corrected chi connectivity index (χ4v) is 2.95. The van der Waals surface area contributed by atoms with Gasteiger partial charge in [-0.15, -0.1) is 5.10 Å². The second kappa shape index (κ2) is 6.19. The summed E-state index contributed by atoms with van der Waals surface area (Å²) in [6.07, 6.45) is 0. The zero-order valence-electron chi connectivity index (χ0n) is 12.0. The van der Waals surface area contributed by atoms with Crippen molar-refractivity contribution in [3.05, 3.63) is 33.6 Å². The summed E-state index contributed by atoms with van der Waals surface area (Å²) in [6, 6.07) is 1.65. The van der Waals surface area contributed by atoms with Gasteiger partial charge in [0.15, 0.2) is 10.9 Å². The van der Waals surface area contributed by atoms with Crippen molar-refractivity contribution in [3.63, 3.8) is 0 Å². The van der Waals surface area contributed by atoms with Gasteiger partial charge in [0.25, 0.3) is 0 Å². The second-order valence-electron chi connectivity index (χ2n) is 4.73. The van der Waals surface area contributed by atoms with Crippen molar-refractivity contribution in [3.8, 4) is 0 Å². The Bertz CT molecular complexity index is 700. The lowest BCUT2D eigenvalue weighted by Crippen LogP contribution is -2.29. The van der Waals surface area contributed by atoms with Gasteiger partial charge in [-0.05, 0) is 26.8 Å². The van der Waals surface area contributed by atoms with E-state index in [0.717, 1.165) is 5.56 Å². The van der Waals surface area contributed by atoms with Crippen LogP contribution < -0.4 is 17.0 Å². The molecule has 0 aliphatic carbocycles. The number of aryl methyl sites for hydroxylation is 1. The fourth-order valence-electron chi connectivity index (χ4n) is 1.84. The summed E-state index contributed by atoms with van der Waals surface area (Å²) in [6.45, 7) is 5.59. The van der Waals surface area contributed by atoms with E-state index in [1.807, 2.05) is 19.3 Å². The molecule has 9 heteroatoms. The molecule has 0 bridgehead atoms. The van der Waals surface area contributed by atoms with Gasteiger partial charge in [-0.3, -0.25) is 14.8 Å². The maximum absolute atomic E-state index is 11.6. The number of hydrazine groups is 1. The normalized spacial score (nSPS) is 11.1. The molecule has 1 amide bonds. The fraction of sp³-hybridized carbons (Fsp3) is 0.417. The first kappa shape index (κ1) is 15.4. The number of carbonyl (C=O) groups is 1. The van der Waals surface area contributed by atoms with Crippen molar-refractivity contribution in [1.29, 1.82) is 0 Å². The molecule has 0 saturated carbocycles. The highest BCUT2D eigenvalue weighted by Crippen LogP contribution is 2.25. The molecule has 0 atom stereocenters. The van der Waals surface area contributed by atoms with E-state index >= 15 is 0 Å². The number of hydrogen-bond acceptors (Lipinski definition) is 6. The minimum atomic E-state index is -0.479. The number of nitrogens with one attached hydrogen (secondary N) is 2. The Labute approximate surface area is 125 Å². The van der Waals surface area contributed by atoms with Gasteiger partial charge in [0, 0.05) is 17.4 Å². The molecule has 8 nitrogen and oxygen atoms in total. The largest absolute Gasteiger partial charge is 0.456 e. The van der Waals surface area contributed by atoms with Crippen LogP contribution in [0.4, 0.5) is 0 Å². The molecule has 2 rings (SSSR count). The van der Waals surface area contributed by atoms with Crippen LogP contribution in [0.2, 0.25) is 0 Å². The van der Waals surface area contributed by atoms with Crippen molar-refractivity contribution in [2.45, 2.75) is 37.7 Å². The van der Waals surface area contributed by atoms with Gasteiger partial charge in [-0.1, -0.05) is 11.8 Å². The molecule has 0 fully saturated rings. The quantitative estimate of drug-likeness (QED) is 0.327. The van der Waals surface area contributed by atoms with Crippen molar-refractivity contribution < 1.29 is 9.21 Å². The molecule has 0 aliphatic rings. The number of nitrogen functional groups attached to an aromatic ring is 1. The van der Waals surface area contributed by atoms with Gasteiger partial charge >= 0.3 is 11.6 Å². The topological polar surface area (TPSA) is 119 Å². The summed E-state index contributed by atoms with van der Waals surface area (Å²) in [7, 11) is 0. The third-order valence-corrected chi connectivity index (χ3v) is 3.92. The lowest BCUT2D eigenvalue weighted by atomic mass is 10.3. The monoisotopic (exact) mass is 311 g/mol. The van der Waals surface area contributed by atoms with Crippen molar-refractivity contribution in [2.75, 3.05) is 0 Å². The predicted molar refractivity (Wildman–Crippen MR) is 77.9 cm³/mol. The second-order valence-corrected chi connectivity index (χ2v) is 5.67. The highest BCUT2D eigenvalue weighted by atomic mass is 32.2. The van der Waals surface area contributed by atoms with E-state index < -0.39 is 5.91 Å². The average molecular weight is 311 g/mol. The van der Waals surface area contributed by atoms with Crippen LogP contribution in [0.25, 0.3) is 0 Å². The van der Waals surface area contributed by atoms with E-state index in [-0.39, 0.29) is 17.5 Å². The lowest BCUT2D eigenvalue weighted by molar-refractivity contribution is 0.0924. The average Bonchev–Trinajstić information content (AvgIpc) is 2.99. The summed E-state index contributed by atoms with van der Waals surface area (Å²) in [5.74, 6) is 5.92. The lowest BCUT2D eigenvalue weighted by Gasteiger charge is -2.07. The van der Waals surface area contributed by atoms with Gasteiger partial charge < -0.3 is 4.42 Å². The van der Waals surface area contributed by atoms with Crippen LogP contribution in [-0.4, -0.2) is 20.7 Å². The standard InChI is InChI=1S/C12H17N5O3S/c1-6(2)17-11(19)15-16-12(17)21-5-8-4-9(10(18)14-13)20-7(8)3/h4,6H,5,13H2,1-3H3,(H,14,18)(H,15,19). The molecule has 0 radical (unpaired) electrons. The van der Waals surface area contributed by atoms with E-state index in [4.69, 9.17) is 10.3 Å². The Balaban J connectivity index is 2.16. The zero-order valence-corrected chi connectivity index (χ0v) is 12.8. The van der Waals surface area contributed by atoms with E-state index in [2.05, 4.69) is 10.2 Å².